The molecule has 0 aliphatic carbocycles. The van der Waals surface area contributed by atoms with E-state index >= 15 is 0 Å². The van der Waals surface area contributed by atoms with Gasteiger partial charge in [0, 0.05) is 18.7 Å². The van der Waals surface area contributed by atoms with Gasteiger partial charge in [-0.15, -0.1) is 0 Å². The van der Waals surface area contributed by atoms with Gasteiger partial charge in [-0.1, -0.05) is 20.8 Å². The topological polar surface area (TPSA) is 34.4 Å². The van der Waals surface area contributed by atoms with Crippen molar-refractivity contribution in [2.45, 2.75) is 53.2 Å². The third-order valence-corrected chi connectivity index (χ3v) is 2.78. The van der Waals surface area contributed by atoms with Crippen LogP contribution in [0, 0.1) is 5.92 Å². The first kappa shape index (κ1) is 15.3. The number of nitrogens with one attached hydrogen (secondary N) is 1. The molecule has 1 aromatic rings. The fraction of sp³-hybridized carbons (Fsp3) is 0.733. The van der Waals surface area contributed by atoms with Crippen LogP contribution in [0.1, 0.15) is 51.4 Å². The lowest BCUT2D eigenvalue weighted by atomic mass is 10.1. The molecule has 1 rings (SSSR count). The fourth-order valence-corrected chi connectivity index (χ4v) is 1.77. The van der Waals surface area contributed by atoms with E-state index in [1.165, 1.54) is 12.0 Å². The van der Waals surface area contributed by atoms with Gasteiger partial charge in [0.2, 0.25) is 0 Å². The summed E-state index contributed by atoms with van der Waals surface area (Å²) < 4.78 is 11.1. The Morgan fingerprint density at radius 2 is 2.22 bits per heavy atom. The maximum absolute atomic E-state index is 5.59. The molecule has 18 heavy (non-hydrogen) atoms. The monoisotopic (exact) mass is 253 g/mol. The molecule has 1 aromatic heterocycles. The van der Waals surface area contributed by atoms with Crippen LogP contribution in [0.15, 0.2) is 16.7 Å². The predicted octanol–water partition coefficient (Wildman–Crippen LogP) is 3.73. The molecule has 0 spiro atoms. The van der Waals surface area contributed by atoms with E-state index in [-0.39, 0.29) is 0 Å². The molecule has 0 amide bonds. The van der Waals surface area contributed by atoms with Crippen LogP contribution in [0.4, 0.5) is 0 Å². The van der Waals surface area contributed by atoms with Gasteiger partial charge < -0.3 is 14.5 Å². The highest BCUT2D eigenvalue weighted by molar-refractivity contribution is 5.11. The Morgan fingerprint density at radius 1 is 1.39 bits per heavy atom. The van der Waals surface area contributed by atoms with Gasteiger partial charge >= 0.3 is 0 Å². The Hall–Kier alpha value is -0.800. The van der Waals surface area contributed by atoms with Gasteiger partial charge in [0.15, 0.2) is 0 Å². The first-order valence-electron chi connectivity index (χ1n) is 7.07. The van der Waals surface area contributed by atoms with Crippen LogP contribution in [-0.2, 0) is 17.9 Å². The third-order valence-electron chi connectivity index (χ3n) is 2.78. The van der Waals surface area contributed by atoms with Gasteiger partial charge in [-0.05, 0) is 37.8 Å². The lowest BCUT2D eigenvalue weighted by Gasteiger charge is -2.04. The average Bonchev–Trinajstić information content (AvgIpc) is 2.77. The van der Waals surface area contributed by atoms with Gasteiger partial charge in [0.05, 0.1) is 6.26 Å². The van der Waals surface area contributed by atoms with Crippen molar-refractivity contribution in [3.63, 3.8) is 0 Å². The van der Waals surface area contributed by atoms with Crippen molar-refractivity contribution in [2.24, 2.45) is 5.92 Å². The minimum Gasteiger partial charge on any atom is -0.467 e. The standard InChI is InChI=1S/C15H27NO2/c1-4-7-16-10-14-9-15(18-11-14)12-17-8-5-6-13(2)3/h9,11,13,16H,4-8,10,12H2,1-3H3. The van der Waals surface area contributed by atoms with Crippen molar-refractivity contribution in [3.8, 4) is 0 Å². The Balaban J connectivity index is 2.11. The van der Waals surface area contributed by atoms with Crippen molar-refractivity contribution in [1.29, 1.82) is 0 Å². The Morgan fingerprint density at radius 3 is 2.94 bits per heavy atom. The summed E-state index contributed by atoms with van der Waals surface area (Å²) >= 11 is 0. The SMILES string of the molecule is CCCNCc1coc(COCCCC(C)C)c1. The smallest absolute Gasteiger partial charge is 0.129 e. The first-order valence-corrected chi connectivity index (χ1v) is 7.07. The molecule has 0 saturated carbocycles. The summed E-state index contributed by atoms with van der Waals surface area (Å²) in [7, 11) is 0. The summed E-state index contributed by atoms with van der Waals surface area (Å²) in [6.45, 7) is 9.98. The van der Waals surface area contributed by atoms with Crippen LogP contribution >= 0.6 is 0 Å². The van der Waals surface area contributed by atoms with E-state index in [0.717, 1.165) is 44.2 Å². The van der Waals surface area contributed by atoms with Gasteiger partial charge in [-0.25, -0.2) is 0 Å². The van der Waals surface area contributed by atoms with E-state index in [1.54, 1.807) is 0 Å². The molecule has 3 nitrogen and oxygen atoms in total. The summed E-state index contributed by atoms with van der Waals surface area (Å²) in [4.78, 5) is 0. The van der Waals surface area contributed by atoms with Gasteiger partial charge in [-0.2, -0.15) is 0 Å². The Bertz CT molecular complexity index is 307. The summed E-state index contributed by atoms with van der Waals surface area (Å²) in [5.41, 5.74) is 1.20. The van der Waals surface area contributed by atoms with E-state index in [9.17, 15) is 0 Å². The largest absolute Gasteiger partial charge is 0.467 e. The zero-order valence-electron chi connectivity index (χ0n) is 12.0. The quantitative estimate of drug-likeness (QED) is 0.645. The molecular weight excluding hydrogens is 226 g/mol. The van der Waals surface area contributed by atoms with Gasteiger partial charge in [0.1, 0.15) is 12.4 Å². The number of hydrogen-bond acceptors (Lipinski definition) is 3. The summed E-state index contributed by atoms with van der Waals surface area (Å²) in [5, 5.41) is 3.35. The predicted molar refractivity (Wildman–Crippen MR) is 74.4 cm³/mol. The zero-order chi connectivity index (χ0) is 13.2. The molecule has 0 unspecified atom stereocenters. The van der Waals surface area contributed by atoms with Crippen molar-refractivity contribution >= 4 is 0 Å². The third kappa shape index (κ3) is 6.82. The summed E-state index contributed by atoms with van der Waals surface area (Å²) in [5.74, 6) is 1.68. The fourth-order valence-electron chi connectivity index (χ4n) is 1.77. The van der Waals surface area contributed by atoms with Crippen molar-refractivity contribution < 1.29 is 9.15 Å². The van der Waals surface area contributed by atoms with Crippen LogP contribution in [0.2, 0.25) is 0 Å². The van der Waals surface area contributed by atoms with E-state index in [0.29, 0.717) is 6.61 Å². The summed E-state index contributed by atoms with van der Waals surface area (Å²) in [6.07, 6.45) is 5.33. The normalized spacial score (nSPS) is 11.3. The summed E-state index contributed by atoms with van der Waals surface area (Å²) in [6, 6.07) is 2.07. The van der Waals surface area contributed by atoms with E-state index in [2.05, 4.69) is 32.2 Å². The van der Waals surface area contributed by atoms with Crippen LogP contribution in [0.3, 0.4) is 0 Å². The highest BCUT2D eigenvalue weighted by Gasteiger charge is 2.02. The van der Waals surface area contributed by atoms with Crippen LogP contribution in [0.5, 0.6) is 0 Å². The van der Waals surface area contributed by atoms with Crippen LogP contribution in [-0.4, -0.2) is 13.2 Å². The highest BCUT2D eigenvalue weighted by Crippen LogP contribution is 2.10. The number of furan rings is 1. The Kier molecular flexibility index (Phi) is 7.78. The second-order valence-corrected chi connectivity index (χ2v) is 5.19. The maximum atomic E-state index is 5.59. The average molecular weight is 253 g/mol. The van der Waals surface area contributed by atoms with E-state index in [1.807, 2.05) is 6.26 Å². The molecule has 0 radical (unpaired) electrons. The van der Waals surface area contributed by atoms with Gasteiger partial charge in [0.25, 0.3) is 0 Å². The van der Waals surface area contributed by atoms with Crippen LogP contribution in [0.25, 0.3) is 0 Å². The molecule has 0 bridgehead atoms. The highest BCUT2D eigenvalue weighted by atomic mass is 16.5. The minimum absolute atomic E-state index is 0.589. The molecule has 104 valence electrons. The van der Waals surface area contributed by atoms with Crippen molar-refractivity contribution in [1.82, 2.24) is 5.32 Å². The molecule has 0 aliphatic heterocycles. The maximum Gasteiger partial charge on any atom is 0.129 e. The second kappa shape index (κ2) is 9.17. The van der Waals surface area contributed by atoms with Crippen LogP contribution < -0.4 is 5.32 Å². The molecule has 0 aliphatic rings. The lowest BCUT2D eigenvalue weighted by Crippen LogP contribution is -2.13. The van der Waals surface area contributed by atoms with E-state index in [4.69, 9.17) is 9.15 Å². The van der Waals surface area contributed by atoms with E-state index < -0.39 is 0 Å². The molecule has 0 atom stereocenters. The number of rotatable bonds is 10. The molecular formula is C15H27NO2. The lowest BCUT2D eigenvalue weighted by molar-refractivity contribution is 0.101. The molecule has 1 heterocycles. The van der Waals surface area contributed by atoms with Crippen molar-refractivity contribution in [3.05, 3.63) is 23.7 Å². The Labute approximate surface area is 111 Å². The molecule has 1 N–H and O–H groups in total. The molecule has 0 fully saturated rings. The first-order chi connectivity index (χ1) is 8.72. The minimum atomic E-state index is 0.589. The molecule has 0 saturated heterocycles. The zero-order valence-corrected chi connectivity index (χ0v) is 12.0. The molecule has 0 aromatic carbocycles. The van der Waals surface area contributed by atoms with Gasteiger partial charge in [-0.3, -0.25) is 0 Å². The number of hydrogen-bond donors (Lipinski definition) is 1. The second-order valence-electron chi connectivity index (χ2n) is 5.19. The molecule has 3 heteroatoms. The number of ether oxygens (including phenoxy) is 1. The van der Waals surface area contributed by atoms with Crippen molar-refractivity contribution in [2.75, 3.05) is 13.2 Å².